The zero-order chi connectivity index (χ0) is 15.4. The highest BCUT2D eigenvalue weighted by molar-refractivity contribution is 5.91. The van der Waals surface area contributed by atoms with Crippen molar-refractivity contribution in [2.45, 2.75) is 71.3 Å². The molecule has 0 unspecified atom stereocenters. The summed E-state index contributed by atoms with van der Waals surface area (Å²) in [6.07, 6.45) is 4.67. The third-order valence-electron chi connectivity index (χ3n) is 4.30. The molecule has 2 amide bonds. The lowest BCUT2D eigenvalue weighted by Crippen LogP contribution is -2.36. The molecule has 1 aliphatic rings. The number of benzene rings is 1. The van der Waals surface area contributed by atoms with Gasteiger partial charge in [-0.25, -0.2) is 4.79 Å². The first kappa shape index (κ1) is 15.9. The molecule has 1 saturated carbocycles. The van der Waals surface area contributed by atoms with E-state index in [-0.39, 0.29) is 6.03 Å². The Hall–Kier alpha value is -1.51. The van der Waals surface area contributed by atoms with E-state index in [0.29, 0.717) is 17.9 Å². The third-order valence-corrected chi connectivity index (χ3v) is 4.30. The van der Waals surface area contributed by atoms with Crippen LogP contribution in [0.2, 0.25) is 0 Å². The zero-order valence-corrected chi connectivity index (χ0v) is 13.7. The molecule has 0 aromatic heterocycles. The Morgan fingerprint density at radius 1 is 1.05 bits per heavy atom. The monoisotopic (exact) mass is 288 g/mol. The van der Waals surface area contributed by atoms with Gasteiger partial charge in [-0.15, -0.1) is 0 Å². The summed E-state index contributed by atoms with van der Waals surface area (Å²) in [6.45, 7) is 8.66. The van der Waals surface area contributed by atoms with E-state index in [2.05, 4.69) is 56.5 Å². The number of amides is 2. The van der Waals surface area contributed by atoms with Gasteiger partial charge in [0.05, 0.1) is 0 Å². The molecular weight excluding hydrogens is 260 g/mol. The molecule has 0 spiro atoms. The SMILES string of the molecule is CC(C)c1cccc(C(C)C)c1NC(=O)NC1CCCC1. The fraction of sp³-hybridized carbons (Fsp3) is 0.611. The van der Waals surface area contributed by atoms with Gasteiger partial charge in [-0.1, -0.05) is 58.7 Å². The molecule has 1 fully saturated rings. The minimum Gasteiger partial charge on any atom is -0.335 e. The number of para-hydroxylation sites is 1. The lowest BCUT2D eigenvalue weighted by Gasteiger charge is -2.21. The van der Waals surface area contributed by atoms with Crippen molar-refractivity contribution in [2.24, 2.45) is 0 Å². The van der Waals surface area contributed by atoms with Gasteiger partial charge >= 0.3 is 6.03 Å². The minimum absolute atomic E-state index is 0.0584. The molecule has 0 aliphatic heterocycles. The van der Waals surface area contributed by atoms with Crippen LogP contribution in [0.4, 0.5) is 10.5 Å². The van der Waals surface area contributed by atoms with E-state index in [1.807, 2.05) is 0 Å². The number of carbonyl (C=O) groups excluding carboxylic acids is 1. The van der Waals surface area contributed by atoms with Crippen LogP contribution in [0.5, 0.6) is 0 Å². The number of urea groups is 1. The molecule has 0 saturated heterocycles. The van der Waals surface area contributed by atoms with Crippen LogP contribution < -0.4 is 10.6 Å². The Balaban J connectivity index is 2.18. The summed E-state index contributed by atoms with van der Waals surface area (Å²) in [5.41, 5.74) is 3.42. The third kappa shape index (κ3) is 3.99. The molecule has 0 radical (unpaired) electrons. The summed E-state index contributed by atoms with van der Waals surface area (Å²) in [4.78, 5) is 12.3. The van der Waals surface area contributed by atoms with Gasteiger partial charge in [0.2, 0.25) is 0 Å². The van der Waals surface area contributed by atoms with Crippen LogP contribution in [0.3, 0.4) is 0 Å². The van der Waals surface area contributed by atoms with E-state index < -0.39 is 0 Å². The van der Waals surface area contributed by atoms with Crippen molar-refractivity contribution in [3.05, 3.63) is 29.3 Å². The maximum Gasteiger partial charge on any atom is 0.319 e. The number of hydrogen-bond donors (Lipinski definition) is 2. The van der Waals surface area contributed by atoms with E-state index in [1.165, 1.54) is 24.0 Å². The average Bonchev–Trinajstić information content (AvgIpc) is 2.91. The van der Waals surface area contributed by atoms with E-state index in [4.69, 9.17) is 0 Å². The molecule has 0 heterocycles. The minimum atomic E-state index is -0.0584. The number of carbonyl (C=O) groups is 1. The summed E-state index contributed by atoms with van der Waals surface area (Å²) in [7, 11) is 0. The van der Waals surface area contributed by atoms with Gasteiger partial charge in [0.1, 0.15) is 0 Å². The molecule has 0 atom stereocenters. The molecule has 1 aromatic carbocycles. The largest absolute Gasteiger partial charge is 0.335 e. The summed E-state index contributed by atoms with van der Waals surface area (Å²) in [5.74, 6) is 0.788. The Morgan fingerprint density at radius 2 is 1.57 bits per heavy atom. The fourth-order valence-corrected chi connectivity index (χ4v) is 3.10. The Labute approximate surface area is 128 Å². The maximum atomic E-state index is 12.3. The average molecular weight is 288 g/mol. The first-order valence-corrected chi connectivity index (χ1v) is 8.19. The van der Waals surface area contributed by atoms with Crippen LogP contribution in [-0.2, 0) is 0 Å². The Morgan fingerprint density at radius 3 is 2.05 bits per heavy atom. The molecule has 3 heteroatoms. The Bertz CT molecular complexity index is 462. The van der Waals surface area contributed by atoms with Gasteiger partial charge in [0.15, 0.2) is 0 Å². The first-order valence-electron chi connectivity index (χ1n) is 8.19. The van der Waals surface area contributed by atoms with Gasteiger partial charge in [0.25, 0.3) is 0 Å². The molecule has 1 aliphatic carbocycles. The number of hydrogen-bond acceptors (Lipinski definition) is 1. The molecular formula is C18H28N2O. The lowest BCUT2D eigenvalue weighted by atomic mass is 9.93. The van der Waals surface area contributed by atoms with E-state index >= 15 is 0 Å². The molecule has 0 bridgehead atoms. The second kappa shape index (κ2) is 6.97. The van der Waals surface area contributed by atoms with E-state index in [1.54, 1.807) is 0 Å². The van der Waals surface area contributed by atoms with E-state index in [0.717, 1.165) is 18.5 Å². The predicted octanol–water partition coefficient (Wildman–Crippen LogP) is 5.00. The van der Waals surface area contributed by atoms with Crippen molar-refractivity contribution >= 4 is 11.7 Å². The smallest absolute Gasteiger partial charge is 0.319 e. The summed E-state index contributed by atoms with van der Waals surface area (Å²) < 4.78 is 0. The van der Waals surface area contributed by atoms with E-state index in [9.17, 15) is 4.79 Å². The zero-order valence-electron chi connectivity index (χ0n) is 13.7. The van der Waals surface area contributed by atoms with Crippen molar-refractivity contribution in [3.63, 3.8) is 0 Å². The van der Waals surface area contributed by atoms with Crippen molar-refractivity contribution in [1.82, 2.24) is 5.32 Å². The number of nitrogens with one attached hydrogen (secondary N) is 2. The second-order valence-electron chi connectivity index (χ2n) is 6.70. The normalized spacial score (nSPS) is 15.7. The lowest BCUT2D eigenvalue weighted by molar-refractivity contribution is 0.248. The highest BCUT2D eigenvalue weighted by Crippen LogP contribution is 2.32. The van der Waals surface area contributed by atoms with Crippen LogP contribution in [0.15, 0.2) is 18.2 Å². The number of rotatable bonds is 4. The van der Waals surface area contributed by atoms with Crippen LogP contribution >= 0.6 is 0 Å². The highest BCUT2D eigenvalue weighted by atomic mass is 16.2. The summed E-state index contributed by atoms with van der Waals surface area (Å²) in [5, 5.41) is 6.23. The van der Waals surface area contributed by atoms with Gasteiger partial charge in [0, 0.05) is 11.7 Å². The maximum absolute atomic E-state index is 12.3. The van der Waals surface area contributed by atoms with Gasteiger partial charge in [-0.2, -0.15) is 0 Å². The van der Waals surface area contributed by atoms with Gasteiger partial charge in [-0.05, 0) is 35.8 Å². The van der Waals surface area contributed by atoms with Crippen molar-refractivity contribution in [3.8, 4) is 0 Å². The highest BCUT2D eigenvalue weighted by Gasteiger charge is 2.19. The standard InChI is InChI=1S/C18H28N2O/c1-12(2)15-10-7-11-16(13(3)4)17(15)20-18(21)19-14-8-5-6-9-14/h7,10-14H,5-6,8-9H2,1-4H3,(H2,19,20,21). The Kier molecular flexibility index (Phi) is 5.27. The molecule has 2 rings (SSSR count). The predicted molar refractivity (Wildman–Crippen MR) is 89.0 cm³/mol. The van der Waals surface area contributed by atoms with Crippen LogP contribution in [-0.4, -0.2) is 12.1 Å². The van der Waals surface area contributed by atoms with Gasteiger partial charge in [-0.3, -0.25) is 0 Å². The topological polar surface area (TPSA) is 41.1 Å². The number of anilines is 1. The second-order valence-corrected chi connectivity index (χ2v) is 6.70. The quantitative estimate of drug-likeness (QED) is 0.804. The molecule has 3 nitrogen and oxygen atoms in total. The molecule has 21 heavy (non-hydrogen) atoms. The van der Waals surface area contributed by atoms with Crippen molar-refractivity contribution in [1.29, 1.82) is 0 Å². The van der Waals surface area contributed by atoms with Crippen LogP contribution in [0.25, 0.3) is 0 Å². The molecule has 116 valence electrons. The summed E-state index contributed by atoms with van der Waals surface area (Å²) in [6, 6.07) is 6.60. The van der Waals surface area contributed by atoms with Crippen molar-refractivity contribution < 1.29 is 4.79 Å². The van der Waals surface area contributed by atoms with Crippen LogP contribution in [0, 0.1) is 0 Å². The summed E-state index contributed by atoms with van der Waals surface area (Å²) >= 11 is 0. The van der Waals surface area contributed by atoms with Gasteiger partial charge < -0.3 is 10.6 Å². The fourth-order valence-electron chi connectivity index (χ4n) is 3.10. The van der Waals surface area contributed by atoms with Crippen molar-refractivity contribution in [2.75, 3.05) is 5.32 Å². The van der Waals surface area contributed by atoms with Crippen LogP contribution in [0.1, 0.15) is 76.3 Å². The molecule has 1 aromatic rings. The molecule has 2 N–H and O–H groups in total. The first-order chi connectivity index (χ1) is 9.99.